The quantitative estimate of drug-likeness (QED) is 0.848. The molecule has 16 heavy (non-hydrogen) atoms. The standard InChI is InChI=1S/C11H11ClF3N/c12-9-4-3-7(10(16)6-1-2-6)5-8(9)11(13,14)15/h3-6,10H,1-2,16H2/t10-/m1/s1. The highest BCUT2D eigenvalue weighted by Gasteiger charge is 2.35. The topological polar surface area (TPSA) is 26.0 Å². The molecule has 1 nitrogen and oxygen atoms in total. The first-order valence-corrected chi connectivity index (χ1v) is 5.39. The molecule has 0 aromatic heterocycles. The van der Waals surface area contributed by atoms with Gasteiger partial charge in [0.05, 0.1) is 10.6 Å². The lowest BCUT2D eigenvalue weighted by atomic mass is 10.0. The molecule has 5 heteroatoms. The van der Waals surface area contributed by atoms with Gasteiger partial charge in [-0.3, -0.25) is 0 Å². The van der Waals surface area contributed by atoms with Gasteiger partial charge in [0.15, 0.2) is 0 Å². The van der Waals surface area contributed by atoms with Crippen LogP contribution in [0.4, 0.5) is 13.2 Å². The maximum atomic E-state index is 12.6. The molecule has 1 aliphatic rings. The summed E-state index contributed by atoms with van der Waals surface area (Å²) in [4.78, 5) is 0. The first kappa shape index (κ1) is 11.7. The van der Waals surface area contributed by atoms with E-state index in [-0.39, 0.29) is 11.1 Å². The maximum Gasteiger partial charge on any atom is 0.417 e. The molecule has 1 aromatic rings. The highest BCUT2D eigenvalue weighted by molar-refractivity contribution is 6.31. The van der Waals surface area contributed by atoms with Gasteiger partial charge >= 0.3 is 6.18 Å². The van der Waals surface area contributed by atoms with E-state index in [0.29, 0.717) is 11.5 Å². The number of halogens is 4. The molecule has 1 saturated carbocycles. The van der Waals surface area contributed by atoms with Gasteiger partial charge < -0.3 is 5.73 Å². The SMILES string of the molecule is N[C@@H](c1ccc(Cl)c(C(F)(F)F)c1)C1CC1. The van der Waals surface area contributed by atoms with Crippen molar-refractivity contribution in [1.29, 1.82) is 0 Å². The van der Waals surface area contributed by atoms with Crippen molar-refractivity contribution in [3.63, 3.8) is 0 Å². The lowest BCUT2D eigenvalue weighted by molar-refractivity contribution is -0.137. The molecular weight excluding hydrogens is 239 g/mol. The second kappa shape index (κ2) is 3.93. The zero-order valence-electron chi connectivity index (χ0n) is 8.39. The summed E-state index contributed by atoms with van der Waals surface area (Å²) in [6, 6.07) is 3.59. The van der Waals surface area contributed by atoms with E-state index in [2.05, 4.69) is 0 Å². The Kier molecular flexibility index (Phi) is 2.88. The third-order valence-corrected chi connectivity index (χ3v) is 3.14. The molecule has 0 bridgehead atoms. The molecule has 1 aliphatic carbocycles. The zero-order chi connectivity index (χ0) is 11.9. The van der Waals surface area contributed by atoms with E-state index in [0.717, 1.165) is 18.9 Å². The Bertz CT molecular complexity index is 399. The van der Waals surface area contributed by atoms with Gasteiger partial charge in [0.1, 0.15) is 0 Å². The summed E-state index contributed by atoms with van der Waals surface area (Å²) < 4.78 is 37.8. The Morgan fingerprint density at radius 1 is 1.31 bits per heavy atom. The molecule has 0 unspecified atom stereocenters. The first-order valence-electron chi connectivity index (χ1n) is 5.02. The van der Waals surface area contributed by atoms with Crippen LogP contribution >= 0.6 is 11.6 Å². The Balaban J connectivity index is 2.34. The summed E-state index contributed by atoms with van der Waals surface area (Å²) in [5.74, 6) is 0.322. The smallest absolute Gasteiger partial charge is 0.324 e. The van der Waals surface area contributed by atoms with Crippen LogP contribution in [0, 0.1) is 5.92 Å². The van der Waals surface area contributed by atoms with Crippen molar-refractivity contribution in [2.45, 2.75) is 25.1 Å². The second-order valence-corrected chi connectivity index (χ2v) is 4.51. The van der Waals surface area contributed by atoms with Crippen molar-refractivity contribution in [3.05, 3.63) is 34.3 Å². The van der Waals surface area contributed by atoms with Gasteiger partial charge in [-0.1, -0.05) is 17.7 Å². The van der Waals surface area contributed by atoms with Crippen LogP contribution in [0.2, 0.25) is 5.02 Å². The second-order valence-electron chi connectivity index (χ2n) is 4.10. The van der Waals surface area contributed by atoms with E-state index >= 15 is 0 Å². The molecule has 2 rings (SSSR count). The third kappa shape index (κ3) is 2.33. The average molecular weight is 250 g/mol. The fourth-order valence-corrected chi connectivity index (χ4v) is 1.92. The zero-order valence-corrected chi connectivity index (χ0v) is 9.15. The van der Waals surface area contributed by atoms with E-state index in [1.807, 2.05) is 0 Å². The van der Waals surface area contributed by atoms with Crippen molar-refractivity contribution in [2.75, 3.05) is 0 Å². The van der Waals surface area contributed by atoms with Crippen LogP contribution in [-0.2, 0) is 6.18 Å². The minimum Gasteiger partial charge on any atom is -0.324 e. The summed E-state index contributed by atoms with van der Waals surface area (Å²) in [6.45, 7) is 0. The van der Waals surface area contributed by atoms with E-state index in [4.69, 9.17) is 17.3 Å². The molecule has 0 aliphatic heterocycles. The number of nitrogens with two attached hydrogens (primary N) is 1. The first-order chi connectivity index (χ1) is 7.39. The fourth-order valence-electron chi connectivity index (χ4n) is 1.69. The van der Waals surface area contributed by atoms with Gasteiger partial charge in [0, 0.05) is 6.04 Å². The van der Waals surface area contributed by atoms with Gasteiger partial charge in [0.2, 0.25) is 0 Å². The number of alkyl halides is 3. The van der Waals surface area contributed by atoms with E-state index in [1.165, 1.54) is 6.07 Å². The van der Waals surface area contributed by atoms with Crippen molar-refractivity contribution in [3.8, 4) is 0 Å². The van der Waals surface area contributed by atoms with Crippen LogP contribution in [0.25, 0.3) is 0 Å². The summed E-state index contributed by atoms with van der Waals surface area (Å²) in [7, 11) is 0. The maximum absolute atomic E-state index is 12.6. The number of benzene rings is 1. The fraction of sp³-hybridized carbons (Fsp3) is 0.455. The summed E-state index contributed by atoms with van der Waals surface area (Å²) in [6.07, 6.45) is -2.44. The minimum absolute atomic E-state index is 0.278. The Hall–Kier alpha value is -0.740. The Labute approximate surface area is 96.4 Å². The predicted molar refractivity (Wildman–Crippen MR) is 56.1 cm³/mol. The summed E-state index contributed by atoms with van der Waals surface area (Å²) in [5, 5.41) is -0.278. The van der Waals surface area contributed by atoms with Gasteiger partial charge in [-0.15, -0.1) is 0 Å². The molecule has 0 amide bonds. The van der Waals surface area contributed by atoms with E-state index in [1.54, 1.807) is 6.07 Å². The van der Waals surface area contributed by atoms with Crippen LogP contribution in [0.1, 0.15) is 30.0 Å². The number of rotatable bonds is 2. The minimum atomic E-state index is -4.42. The van der Waals surface area contributed by atoms with Gasteiger partial charge in [-0.05, 0) is 36.5 Å². The molecule has 2 N–H and O–H groups in total. The molecule has 88 valence electrons. The van der Waals surface area contributed by atoms with Crippen molar-refractivity contribution in [1.82, 2.24) is 0 Å². The van der Waals surface area contributed by atoms with Crippen molar-refractivity contribution >= 4 is 11.6 Å². The van der Waals surface area contributed by atoms with E-state index < -0.39 is 11.7 Å². The monoisotopic (exact) mass is 249 g/mol. The Morgan fingerprint density at radius 3 is 2.44 bits per heavy atom. The van der Waals surface area contributed by atoms with Crippen LogP contribution in [-0.4, -0.2) is 0 Å². The molecule has 1 aromatic carbocycles. The predicted octanol–water partition coefficient (Wildman–Crippen LogP) is 3.77. The normalized spacial score (nSPS) is 18.6. The summed E-state index contributed by atoms with van der Waals surface area (Å²) in [5.41, 5.74) is 5.56. The number of hydrogen-bond acceptors (Lipinski definition) is 1. The molecule has 1 atom stereocenters. The third-order valence-electron chi connectivity index (χ3n) is 2.81. The largest absolute Gasteiger partial charge is 0.417 e. The van der Waals surface area contributed by atoms with Crippen LogP contribution < -0.4 is 5.73 Å². The Morgan fingerprint density at radius 2 is 1.94 bits per heavy atom. The van der Waals surface area contributed by atoms with Crippen LogP contribution in [0.3, 0.4) is 0 Å². The highest BCUT2D eigenvalue weighted by Crippen LogP contribution is 2.42. The molecule has 0 spiro atoms. The summed E-state index contributed by atoms with van der Waals surface area (Å²) >= 11 is 5.52. The van der Waals surface area contributed by atoms with Crippen LogP contribution in [0.15, 0.2) is 18.2 Å². The lowest BCUT2D eigenvalue weighted by Gasteiger charge is -2.15. The molecule has 0 radical (unpaired) electrons. The number of hydrogen-bond donors (Lipinski definition) is 1. The van der Waals surface area contributed by atoms with Crippen molar-refractivity contribution < 1.29 is 13.2 Å². The highest BCUT2D eigenvalue weighted by atomic mass is 35.5. The molecular formula is C11H11ClF3N. The van der Waals surface area contributed by atoms with Gasteiger partial charge in [-0.25, -0.2) is 0 Å². The van der Waals surface area contributed by atoms with Crippen molar-refractivity contribution in [2.24, 2.45) is 11.7 Å². The van der Waals surface area contributed by atoms with E-state index in [9.17, 15) is 13.2 Å². The molecule has 0 saturated heterocycles. The molecule has 0 heterocycles. The van der Waals surface area contributed by atoms with Gasteiger partial charge in [-0.2, -0.15) is 13.2 Å². The van der Waals surface area contributed by atoms with Gasteiger partial charge in [0.25, 0.3) is 0 Å². The molecule has 1 fully saturated rings. The average Bonchev–Trinajstić information content (AvgIpc) is 2.98. The van der Waals surface area contributed by atoms with Crippen LogP contribution in [0.5, 0.6) is 0 Å². The lowest BCUT2D eigenvalue weighted by Crippen LogP contribution is -2.14.